The van der Waals surface area contributed by atoms with Gasteiger partial charge >= 0.3 is 0 Å². The summed E-state index contributed by atoms with van der Waals surface area (Å²) in [5.41, 5.74) is 4.81. The Hall–Kier alpha value is -1.85. The van der Waals surface area contributed by atoms with Gasteiger partial charge in [0.15, 0.2) is 10.8 Å². The van der Waals surface area contributed by atoms with E-state index in [-0.39, 0.29) is 17.8 Å². The lowest BCUT2D eigenvalue weighted by molar-refractivity contribution is -0.401. The normalized spacial score (nSPS) is 15.2. The minimum atomic E-state index is -0.0713. The first kappa shape index (κ1) is 20.5. The lowest BCUT2D eigenvalue weighted by Gasteiger charge is -2.16. The van der Waals surface area contributed by atoms with Gasteiger partial charge in [-0.25, -0.2) is 4.98 Å². The monoisotopic (exact) mass is 391 g/mol. The number of halogens is 1. The van der Waals surface area contributed by atoms with Crippen molar-refractivity contribution in [2.75, 3.05) is 33.2 Å². The third-order valence-electron chi connectivity index (χ3n) is 4.84. The van der Waals surface area contributed by atoms with Crippen LogP contribution in [-0.2, 0) is 5.41 Å². The zero-order chi connectivity index (χ0) is 18.4. The molecule has 2 heterocycles. The van der Waals surface area contributed by atoms with E-state index in [0.717, 1.165) is 16.6 Å². The Balaban J connectivity index is 0.00000243. The maximum Gasteiger partial charge on any atom is 0.209 e. The number of methoxy groups -OCH3 is 1. The molecule has 0 spiro atoms. The highest BCUT2D eigenvalue weighted by Crippen LogP contribution is 2.41. The minimum absolute atomic E-state index is 0. The van der Waals surface area contributed by atoms with Crippen LogP contribution in [0.15, 0.2) is 24.3 Å². The summed E-state index contributed by atoms with van der Waals surface area (Å²) in [5, 5.41) is 1.04. The van der Waals surface area contributed by atoms with E-state index in [1.807, 2.05) is 20.2 Å². The summed E-state index contributed by atoms with van der Waals surface area (Å²) in [7, 11) is 7.90. The van der Waals surface area contributed by atoms with Gasteiger partial charge in [-0.15, -0.1) is 0 Å². The van der Waals surface area contributed by atoms with Gasteiger partial charge in [-0.05, 0) is 39.0 Å². The standard InChI is InChI=1S/C20H26N3OS.ClH/c1-13-17(25-19(21-13)22(4)5)10-11-18-20(2,3)15-12-14(24-7)8-9-16(15)23(18)6;/h8-12H,1-7H3;1H/q+1;/p-1. The van der Waals surface area contributed by atoms with Gasteiger partial charge in [0.25, 0.3) is 0 Å². The van der Waals surface area contributed by atoms with Crippen molar-refractivity contribution in [1.82, 2.24) is 4.98 Å². The first-order valence-corrected chi connectivity index (χ1v) is 9.20. The van der Waals surface area contributed by atoms with Gasteiger partial charge in [-0.1, -0.05) is 11.3 Å². The van der Waals surface area contributed by atoms with Crippen molar-refractivity contribution in [3.63, 3.8) is 0 Å². The van der Waals surface area contributed by atoms with E-state index in [4.69, 9.17) is 4.74 Å². The molecule has 0 amide bonds. The Kier molecular flexibility index (Phi) is 5.83. The Morgan fingerprint density at radius 2 is 1.92 bits per heavy atom. The number of nitrogens with zero attached hydrogens (tertiary/aromatic N) is 3. The number of ether oxygens (including phenoxy) is 1. The smallest absolute Gasteiger partial charge is 0.209 e. The fourth-order valence-corrected chi connectivity index (χ4v) is 4.23. The highest BCUT2D eigenvalue weighted by molar-refractivity contribution is 7.16. The van der Waals surface area contributed by atoms with Gasteiger partial charge in [0.2, 0.25) is 5.69 Å². The molecule has 1 aromatic heterocycles. The summed E-state index contributed by atoms with van der Waals surface area (Å²) in [6.07, 6.45) is 4.42. The molecule has 0 saturated carbocycles. The molecule has 0 radical (unpaired) electrons. The average Bonchev–Trinajstić information content (AvgIpc) is 3.02. The van der Waals surface area contributed by atoms with E-state index >= 15 is 0 Å². The number of fused-ring (bicyclic) bond motifs is 1. The van der Waals surface area contributed by atoms with Crippen molar-refractivity contribution in [2.45, 2.75) is 26.2 Å². The second-order valence-electron chi connectivity index (χ2n) is 7.13. The number of anilines is 1. The van der Waals surface area contributed by atoms with Crippen molar-refractivity contribution in [3.05, 3.63) is 40.4 Å². The molecule has 1 aromatic carbocycles. The van der Waals surface area contributed by atoms with Gasteiger partial charge in [0.05, 0.1) is 23.1 Å². The summed E-state index contributed by atoms with van der Waals surface area (Å²) in [5.74, 6) is 0.902. The van der Waals surface area contributed by atoms with Crippen molar-refractivity contribution in [1.29, 1.82) is 0 Å². The summed E-state index contributed by atoms with van der Waals surface area (Å²) in [6, 6.07) is 6.31. The van der Waals surface area contributed by atoms with Crippen LogP contribution in [0.2, 0.25) is 0 Å². The first-order valence-electron chi connectivity index (χ1n) is 8.38. The van der Waals surface area contributed by atoms with Crippen LogP contribution < -0.4 is 22.0 Å². The number of hydrogen-bond donors (Lipinski definition) is 0. The highest BCUT2D eigenvalue weighted by Gasteiger charge is 2.43. The quantitative estimate of drug-likeness (QED) is 0.734. The maximum atomic E-state index is 5.42. The molecule has 0 atom stereocenters. The van der Waals surface area contributed by atoms with Crippen LogP contribution >= 0.6 is 11.3 Å². The molecule has 26 heavy (non-hydrogen) atoms. The molecule has 1 aliphatic rings. The maximum absolute atomic E-state index is 5.42. The fourth-order valence-electron chi connectivity index (χ4n) is 3.34. The molecule has 0 unspecified atom stereocenters. The SMILES string of the molecule is COc1ccc2c(c1)C(C)(C)C(C=Cc1sc(N(C)C)nc1C)=[N+]2C.[Cl-]. The van der Waals surface area contributed by atoms with Gasteiger partial charge in [-0.2, -0.15) is 4.58 Å². The van der Waals surface area contributed by atoms with Crippen molar-refractivity contribution >= 4 is 33.9 Å². The topological polar surface area (TPSA) is 28.4 Å². The van der Waals surface area contributed by atoms with Crippen LogP contribution in [0, 0.1) is 6.92 Å². The number of thiazole rings is 1. The van der Waals surface area contributed by atoms with E-state index < -0.39 is 0 Å². The van der Waals surface area contributed by atoms with E-state index in [0.29, 0.717) is 0 Å². The third kappa shape index (κ3) is 3.38. The lowest BCUT2D eigenvalue weighted by atomic mass is 9.81. The molecule has 0 fully saturated rings. The van der Waals surface area contributed by atoms with Crippen LogP contribution in [0.5, 0.6) is 5.75 Å². The molecule has 1 aliphatic heterocycles. The van der Waals surface area contributed by atoms with E-state index in [2.05, 4.69) is 66.6 Å². The Bertz CT molecular complexity index is 881. The third-order valence-corrected chi connectivity index (χ3v) is 6.13. The largest absolute Gasteiger partial charge is 1.00 e. The van der Waals surface area contributed by atoms with Crippen LogP contribution in [-0.4, -0.2) is 43.5 Å². The number of aromatic nitrogens is 1. The molecule has 0 saturated heterocycles. The second kappa shape index (κ2) is 7.41. The fraction of sp³-hybridized carbons (Fsp3) is 0.400. The molecule has 140 valence electrons. The molecule has 0 aliphatic carbocycles. The predicted octanol–water partition coefficient (Wildman–Crippen LogP) is 1.25. The zero-order valence-corrected chi connectivity index (χ0v) is 18.0. The number of hydrogen-bond acceptors (Lipinski definition) is 4. The molecule has 4 nitrogen and oxygen atoms in total. The predicted molar refractivity (Wildman–Crippen MR) is 107 cm³/mol. The second-order valence-corrected chi connectivity index (χ2v) is 8.14. The van der Waals surface area contributed by atoms with E-state index in [9.17, 15) is 0 Å². The highest BCUT2D eigenvalue weighted by atomic mass is 35.5. The first-order chi connectivity index (χ1) is 11.8. The molecule has 2 aromatic rings. The number of rotatable bonds is 4. The summed E-state index contributed by atoms with van der Waals surface area (Å²) < 4.78 is 7.69. The summed E-state index contributed by atoms with van der Waals surface area (Å²) in [4.78, 5) is 7.88. The number of aryl methyl sites for hydroxylation is 1. The molecule has 6 heteroatoms. The number of allylic oxidation sites excluding steroid dienone is 1. The summed E-state index contributed by atoms with van der Waals surface area (Å²) in [6.45, 7) is 6.59. The van der Waals surface area contributed by atoms with Gasteiger partial charge < -0.3 is 22.0 Å². The molecule has 0 bridgehead atoms. The molecule has 3 rings (SSSR count). The zero-order valence-electron chi connectivity index (χ0n) is 16.4. The summed E-state index contributed by atoms with van der Waals surface area (Å²) >= 11 is 1.72. The van der Waals surface area contributed by atoms with Gasteiger partial charge in [0, 0.05) is 31.8 Å². The lowest BCUT2D eigenvalue weighted by Crippen LogP contribution is -3.00. The van der Waals surface area contributed by atoms with E-state index in [1.165, 1.54) is 21.8 Å². The van der Waals surface area contributed by atoms with Crippen molar-refractivity contribution in [2.24, 2.45) is 0 Å². The van der Waals surface area contributed by atoms with Crippen LogP contribution in [0.3, 0.4) is 0 Å². The molecule has 0 N–H and O–H groups in total. The Labute approximate surface area is 166 Å². The van der Waals surface area contributed by atoms with Crippen molar-refractivity contribution < 1.29 is 21.7 Å². The van der Waals surface area contributed by atoms with Gasteiger partial charge in [0.1, 0.15) is 12.8 Å². The van der Waals surface area contributed by atoms with Crippen LogP contribution in [0.25, 0.3) is 6.08 Å². The van der Waals surface area contributed by atoms with Crippen LogP contribution in [0.1, 0.15) is 30.0 Å². The molecular weight excluding hydrogens is 366 g/mol. The molecular formula is C20H26ClN3OS. The Morgan fingerprint density at radius 1 is 1.23 bits per heavy atom. The van der Waals surface area contributed by atoms with E-state index in [1.54, 1.807) is 18.4 Å². The Morgan fingerprint density at radius 3 is 2.50 bits per heavy atom. The van der Waals surface area contributed by atoms with Gasteiger partial charge in [-0.3, -0.25) is 0 Å². The minimum Gasteiger partial charge on any atom is -1.00 e. The average molecular weight is 392 g/mol. The number of benzene rings is 1. The van der Waals surface area contributed by atoms with Crippen molar-refractivity contribution in [3.8, 4) is 5.75 Å². The van der Waals surface area contributed by atoms with Crippen LogP contribution in [0.4, 0.5) is 10.8 Å².